The highest BCUT2D eigenvalue weighted by Crippen LogP contribution is 2.40. The Labute approximate surface area is 242 Å². The van der Waals surface area contributed by atoms with Gasteiger partial charge in [-0.15, -0.1) is 11.3 Å². The zero-order chi connectivity index (χ0) is 29.8. The maximum Gasteiger partial charge on any atom is 0.404 e. The molecule has 2 aromatic carbocycles. The fourth-order valence-electron chi connectivity index (χ4n) is 4.75. The van der Waals surface area contributed by atoms with Crippen molar-refractivity contribution >= 4 is 39.2 Å². The van der Waals surface area contributed by atoms with Crippen LogP contribution in [0.25, 0.3) is 10.4 Å². The van der Waals surface area contributed by atoms with E-state index in [1.165, 1.54) is 29.5 Å². The molecular weight excluding hydrogens is 569 g/mol. The smallest absolute Gasteiger partial charge is 0.404 e. The number of nitrogens with one attached hydrogen (secondary N) is 4. The van der Waals surface area contributed by atoms with Gasteiger partial charge in [-0.2, -0.15) is 0 Å². The van der Waals surface area contributed by atoms with Crippen molar-refractivity contribution in [2.45, 2.75) is 75.4 Å². The normalized spacial score (nSPS) is 17.6. The summed E-state index contributed by atoms with van der Waals surface area (Å²) in [5.41, 5.74) is 0.565. The molecule has 0 atom stereocenters. The summed E-state index contributed by atoms with van der Waals surface area (Å²) < 4.78 is 43.1. The first-order chi connectivity index (χ1) is 19.3. The molecule has 1 fully saturated rings. The Kier molecular flexibility index (Phi) is 9.30. The molecule has 0 spiro atoms. The highest BCUT2D eigenvalue weighted by atomic mass is 32.2. The number of thiazole rings is 1. The second kappa shape index (κ2) is 12.5. The number of aromatic nitrogens is 1. The van der Waals surface area contributed by atoms with Crippen LogP contribution in [0.4, 0.5) is 19.7 Å². The number of hydrogen-bond acceptors (Lipinski definition) is 6. The zero-order valence-electron chi connectivity index (χ0n) is 23.0. The molecule has 4 rings (SSSR count). The average molecular weight is 604 g/mol. The van der Waals surface area contributed by atoms with E-state index in [9.17, 15) is 22.4 Å². The van der Waals surface area contributed by atoms with Crippen LogP contribution in [0.1, 0.15) is 62.9 Å². The summed E-state index contributed by atoms with van der Waals surface area (Å²) in [5, 5.41) is 17.7. The van der Waals surface area contributed by atoms with Crippen molar-refractivity contribution in [1.82, 2.24) is 20.3 Å². The number of carbonyl (C=O) groups excluding carboxylic acids is 1. The molecule has 10 nitrogen and oxygen atoms in total. The van der Waals surface area contributed by atoms with Crippen molar-refractivity contribution in [2.24, 2.45) is 0 Å². The van der Waals surface area contributed by atoms with E-state index in [2.05, 4.69) is 25.7 Å². The summed E-state index contributed by atoms with van der Waals surface area (Å²) in [4.78, 5) is 28.8. The lowest BCUT2D eigenvalue weighted by molar-refractivity contribution is 0.185. The second-order valence-corrected chi connectivity index (χ2v) is 13.8. The van der Waals surface area contributed by atoms with Crippen LogP contribution in [0.15, 0.2) is 53.6 Å². The molecule has 0 aliphatic heterocycles. The number of rotatable bonds is 8. The molecule has 13 heteroatoms. The molecule has 1 aromatic heterocycles. The van der Waals surface area contributed by atoms with Crippen molar-refractivity contribution in [3.63, 3.8) is 0 Å². The van der Waals surface area contributed by atoms with Gasteiger partial charge in [-0.25, -0.2) is 32.1 Å². The predicted octanol–water partition coefficient (Wildman–Crippen LogP) is 5.64. The van der Waals surface area contributed by atoms with E-state index in [4.69, 9.17) is 5.11 Å². The summed E-state index contributed by atoms with van der Waals surface area (Å²) in [6.07, 6.45) is 3.62. The molecule has 0 unspecified atom stereocenters. The number of carboxylic acid groups (broad SMARTS) is 1. The van der Waals surface area contributed by atoms with Crippen LogP contribution in [-0.4, -0.2) is 42.2 Å². The van der Waals surface area contributed by atoms with Crippen LogP contribution in [-0.2, 0) is 16.6 Å². The molecule has 1 aliphatic carbocycles. The molecule has 41 heavy (non-hydrogen) atoms. The Balaban J connectivity index is 1.55. The van der Waals surface area contributed by atoms with Crippen LogP contribution < -0.4 is 20.7 Å². The highest BCUT2D eigenvalue weighted by molar-refractivity contribution is 7.89. The van der Waals surface area contributed by atoms with E-state index in [-0.39, 0.29) is 29.1 Å². The number of amides is 3. The third kappa shape index (κ3) is 8.47. The molecular formula is C28H34FN5O5S2. The van der Waals surface area contributed by atoms with Gasteiger partial charge in [0.05, 0.1) is 14.8 Å². The van der Waals surface area contributed by atoms with E-state index in [0.29, 0.717) is 28.8 Å². The minimum atomic E-state index is -4.00. The second-order valence-electron chi connectivity index (χ2n) is 11.1. The minimum absolute atomic E-state index is 0.0000724. The number of urea groups is 1. The van der Waals surface area contributed by atoms with Crippen molar-refractivity contribution in [2.75, 3.05) is 5.32 Å². The van der Waals surface area contributed by atoms with Crippen molar-refractivity contribution in [3.8, 4) is 10.4 Å². The first-order valence-corrected chi connectivity index (χ1v) is 15.5. The molecule has 5 N–H and O–H groups in total. The molecule has 0 radical (unpaired) electrons. The van der Waals surface area contributed by atoms with E-state index in [1.807, 2.05) is 0 Å². The van der Waals surface area contributed by atoms with Crippen LogP contribution >= 0.6 is 11.3 Å². The van der Waals surface area contributed by atoms with Gasteiger partial charge in [0.2, 0.25) is 10.0 Å². The lowest BCUT2D eigenvalue weighted by atomic mass is 9.86. The number of sulfonamides is 1. The number of benzene rings is 2. The first kappa shape index (κ1) is 30.4. The van der Waals surface area contributed by atoms with Gasteiger partial charge in [0.15, 0.2) is 0 Å². The Morgan fingerprint density at radius 3 is 2.49 bits per heavy atom. The molecule has 3 amide bonds. The third-order valence-electron chi connectivity index (χ3n) is 6.50. The van der Waals surface area contributed by atoms with E-state index >= 15 is 0 Å². The van der Waals surface area contributed by atoms with Crippen LogP contribution in [0.2, 0.25) is 0 Å². The van der Waals surface area contributed by atoms with E-state index < -0.39 is 33.5 Å². The Bertz CT molecular complexity index is 1510. The van der Waals surface area contributed by atoms with E-state index in [0.717, 1.165) is 17.8 Å². The number of anilines is 1. The van der Waals surface area contributed by atoms with Gasteiger partial charge in [0, 0.05) is 41.5 Å². The Hall–Kier alpha value is -3.55. The maximum atomic E-state index is 13.5. The first-order valence-electron chi connectivity index (χ1n) is 13.2. The highest BCUT2D eigenvalue weighted by Gasteiger charge is 2.29. The molecule has 0 saturated heterocycles. The van der Waals surface area contributed by atoms with Gasteiger partial charge in [-0.05, 0) is 76.3 Å². The Morgan fingerprint density at radius 2 is 1.83 bits per heavy atom. The van der Waals surface area contributed by atoms with Gasteiger partial charge in [-0.1, -0.05) is 18.2 Å². The summed E-state index contributed by atoms with van der Waals surface area (Å²) in [5.74, 6) is -0.244. The number of halogens is 1. The third-order valence-corrected chi connectivity index (χ3v) is 9.50. The van der Waals surface area contributed by atoms with Gasteiger partial charge in [0.25, 0.3) is 0 Å². The number of carbonyl (C=O) groups is 2. The van der Waals surface area contributed by atoms with Crippen LogP contribution in [0.3, 0.4) is 0 Å². The standard InChI is InChI=1S/C28H34FN5O5S2/c1-28(2,3)34-41(38,39)24-14-21(32-26(35)31-15-17-5-4-6-19(29)13-17)11-12-22(24)23-16-30-25(40-23)18-7-9-20(10-8-18)33-27(36)37/h4-6,11-14,16,18,20,33-34H,7-10,15H2,1-3H3,(H,36,37)(H2,31,32,35)/t18-,20-. The topological polar surface area (TPSA) is 150 Å². The molecule has 0 bridgehead atoms. The average Bonchev–Trinajstić information content (AvgIpc) is 3.36. The summed E-state index contributed by atoms with van der Waals surface area (Å²) >= 11 is 1.41. The summed E-state index contributed by atoms with van der Waals surface area (Å²) in [6.45, 7) is 5.32. The maximum absolute atomic E-state index is 13.5. The lowest BCUT2D eigenvalue weighted by Gasteiger charge is -2.27. The van der Waals surface area contributed by atoms with Crippen molar-refractivity contribution < 1.29 is 27.5 Å². The van der Waals surface area contributed by atoms with Crippen molar-refractivity contribution in [1.29, 1.82) is 0 Å². The quantitative estimate of drug-likeness (QED) is 0.225. The fraction of sp³-hybridized carbons (Fsp3) is 0.393. The van der Waals surface area contributed by atoms with Gasteiger partial charge < -0.3 is 21.1 Å². The van der Waals surface area contributed by atoms with Crippen LogP contribution in [0, 0.1) is 5.82 Å². The molecule has 1 saturated carbocycles. The van der Waals surface area contributed by atoms with Gasteiger partial charge in [-0.3, -0.25) is 0 Å². The summed E-state index contributed by atoms with van der Waals surface area (Å²) in [6, 6.07) is 9.90. The molecule has 1 aliphatic rings. The largest absolute Gasteiger partial charge is 0.465 e. The molecule has 3 aromatic rings. The molecule has 1 heterocycles. The number of nitrogens with zero attached hydrogens (tertiary/aromatic N) is 1. The summed E-state index contributed by atoms with van der Waals surface area (Å²) in [7, 11) is -4.00. The predicted molar refractivity (Wildman–Crippen MR) is 156 cm³/mol. The lowest BCUT2D eigenvalue weighted by Crippen LogP contribution is -2.40. The SMILES string of the molecule is CC(C)(C)NS(=O)(=O)c1cc(NC(=O)NCc2cccc(F)c2)ccc1-c1cnc([C@H]2CC[C@H](NC(=O)O)CC2)s1. The molecule has 220 valence electrons. The fourth-order valence-corrected chi connectivity index (χ4v) is 7.61. The van der Waals surface area contributed by atoms with Gasteiger partial charge >= 0.3 is 12.1 Å². The van der Waals surface area contributed by atoms with Gasteiger partial charge in [0.1, 0.15) is 5.82 Å². The number of hydrogen-bond donors (Lipinski definition) is 5. The van der Waals surface area contributed by atoms with E-state index in [1.54, 1.807) is 51.2 Å². The van der Waals surface area contributed by atoms with Crippen LogP contribution in [0.5, 0.6) is 0 Å². The minimum Gasteiger partial charge on any atom is -0.465 e. The monoisotopic (exact) mass is 603 g/mol. The van der Waals surface area contributed by atoms with Crippen molar-refractivity contribution in [3.05, 3.63) is 65.0 Å². The Morgan fingerprint density at radius 1 is 1.10 bits per heavy atom. The zero-order valence-corrected chi connectivity index (χ0v) is 24.7.